The van der Waals surface area contributed by atoms with E-state index in [9.17, 15) is 10.8 Å². The molecule has 0 fully saturated rings. The van der Waals surface area contributed by atoms with Crippen molar-refractivity contribution in [3.63, 3.8) is 0 Å². The second-order valence-corrected chi connectivity index (χ2v) is 11.9. The second-order valence-electron chi connectivity index (χ2n) is 11.9. The van der Waals surface area contributed by atoms with Crippen molar-refractivity contribution in [3.8, 4) is 0 Å². The highest BCUT2D eigenvalue weighted by Crippen LogP contribution is 2.34. The lowest BCUT2D eigenvalue weighted by atomic mass is 9.56. The molecule has 2 nitrogen and oxygen atoms in total. The van der Waals surface area contributed by atoms with E-state index in [1.807, 2.05) is 24.3 Å². The molecule has 0 amide bonds. The fourth-order valence-electron chi connectivity index (χ4n) is 6.50. The Morgan fingerprint density at radius 2 is 0.723 bits per heavy atom. The van der Waals surface area contributed by atoms with E-state index in [-0.39, 0.29) is 11.8 Å². The molecule has 0 unspecified atom stereocenters. The van der Waals surface area contributed by atoms with Gasteiger partial charge in [-0.05, 0) is 81.4 Å². The molecule has 0 spiro atoms. The van der Waals surface area contributed by atoms with Crippen LogP contribution in [0.15, 0.2) is 148 Å². The van der Waals surface area contributed by atoms with E-state index in [0.717, 1.165) is 67.0 Å². The molecule has 2 radical (unpaired) electrons. The predicted octanol–water partition coefficient (Wildman–Crippen LogP) is 10.2. The third kappa shape index (κ3) is 9.20. The highest BCUT2D eigenvalue weighted by atomic mass is 14.4. The average Bonchev–Trinajstić information content (AvgIpc) is 3.08. The molecule has 0 saturated carbocycles. The molecule has 0 aliphatic rings. The summed E-state index contributed by atoms with van der Waals surface area (Å²) in [6.07, 6.45) is 13.1. The fourth-order valence-corrected chi connectivity index (χ4v) is 6.50. The first kappa shape index (κ1) is 35.2. The van der Waals surface area contributed by atoms with Crippen LogP contribution in [0.25, 0.3) is 0 Å². The molecule has 4 rings (SSSR count). The van der Waals surface area contributed by atoms with Crippen LogP contribution >= 0.6 is 0 Å². The lowest BCUT2D eigenvalue weighted by molar-refractivity contribution is 0.999. The van der Waals surface area contributed by atoms with Crippen LogP contribution in [-0.2, 0) is 25.7 Å². The van der Waals surface area contributed by atoms with Crippen molar-refractivity contribution in [3.05, 3.63) is 192 Å². The molecule has 234 valence electrons. The zero-order valence-corrected chi connectivity index (χ0v) is 27.6. The molecule has 47 heavy (non-hydrogen) atoms. The quantitative estimate of drug-likeness (QED) is 0.0432. The van der Waals surface area contributed by atoms with E-state index in [0.29, 0.717) is 11.2 Å². The zero-order valence-electron chi connectivity index (χ0n) is 27.6. The van der Waals surface area contributed by atoms with E-state index in [1.54, 1.807) is 0 Å². The standard InChI is InChI=1S/C43H46B2N2/c1-5-18-32-22-9-13-26-36(32)40(37-27-14-10-23-33(37)19-6-2)42(46)44-30-17-31-45-43(47)41(38-28-15-11-24-34(38)20-7-3)39-29-16-12-25-35(39)21-8-4/h5-16,22-29,40-41,46-47H,1-4,17-21,30-31H2. The Hall–Kier alpha value is -4.69. The normalized spacial score (nSPS) is 10.8. The Morgan fingerprint density at radius 3 is 0.979 bits per heavy atom. The maximum Gasteiger partial charge on any atom is 0.172 e. The van der Waals surface area contributed by atoms with Gasteiger partial charge in [-0.15, -0.1) is 26.3 Å². The first-order valence-corrected chi connectivity index (χ1v) is 16.6. The fraction of sp³-hybridized carbons (Fsp3) is 0.209. The molecule has 0 saturated heterocycles. The van der Waals surface area contributed by atoms with Crippen molar-refractivity contribution in [2.75, 3.05) is 0 Å². The average molecular weight is 612 g/mol. The molecule has 0 heterocycles. The van der Waals surface area contributed by atoms with Crippen molar-refractivity contribution < 1.29 is 0 Å². The molecule has 4 aromatic carbocycles. The summed E-state index contributed by atoms with van der Waals surface area (Å²) < 4.78 is 0. The molecule has 4 heteroatoms. The Morgan fingerprint density at radius 1 is 0.468 bits per heavy atom. The molecule has 0 aliphatic carbocycles. The van der Waals surface area contributed by atoms with Gasteiger partial charge in [0, 0.05) is 11.8 Å². The Bertz CT molecular complexity index is 1470. The van der Waals surface area contributed by atoms with Gasteiger partial charge in [-0.1, -0.05) is 140 Å². The van der Waals surface area contributed by atoms with E-state index in [2.05, 4.69) is 138 Å². The number of rotatable bonds is 20. The minimum absolute atomic E-state index is 0.170. The van der Waals surface area contributed by atoms with E-state index in [1.165, 1.54) is 22.3 Å². The van der Waals surface area contributed by atoms with Crippen LogP contribution in [0, 0.1) is 10.8 Å². The number of hydrogen-bond acceptors (Lipinski definition) is 2. The van der Waals surface area contributed by atoms with Crippen LogP contribution in [0.3, 0.4) is 0 Å². The first-order valence-electron chi connectivity index (χ1n) is 16.6. The summed E-state index contributed by atoms with van der Waals surface area (Å²) in [7, 11) is 4.15. The monoisotopic (exact) mass is 612 g/mol. The highest BCUT2D eigenvalue weighted by molar-refractivity contribution is 6.77. The minimum atomic E-state index is -0.170. The summed E-state index contributed by atoms with van der Waals surface area (Å²) in [4.78, 5) is 0. The van der Waals surface area contributed by atoms with Crippen LogP contribution in [0.5, 0.6) is 0 Å². The van der Waals surface area contributed by atoms with Gasteiger partial charge < -0.3 is 10.8 Å². The van der Waals surface area contributed by atoms with Crippen LogP contribution < -0.4 is 0 Å². The van der Waals surface area contributed by atoms with Gasteiger partial charge in [0.15, 0.2) is 14.6 Å². The Labute approximate surface area is 284 Å². The van der Waals surface area contributed by atoms with Crippen LogP contribution in [0.4, 0.5) is 0 Å². The second kappa shape index (κ2) is 18.5. The molecule has 2 N–H and O–H groups in total. The maximum absolute atomic E-state index is 9.34. The molecular weight excluding hydrogens is 566 g/mol. The van der Waals surface area contributed by atoms with E-state index >= 15 is 0 Å². The lowest BCUT2D eigenvalue weighted by Crippen LogP contribution is -2.23. The third-order valence-electron chi connectivity index (χ3n) is 8.68. The van der Waals surface area contributed by atoms with Gasteiger partial charge >= 0.3 is 0 Å². The molecule has 0 aliphatic heterocycles. The molecule has 0 atom stereocenters. The van der Waals surface area contributed by atoms with Gasteiger partial charge in [-0.3, -0.25) is 0 Å². The zero-order chi connectivity index (χ0) is 33.4. The van der Waals surface area contributed by atoms with E-state index < -0.39 is 0 Å². The van der Waals surface area contributed by atoms with Gasteiger partial charge in [-0.25, -0.2) is 0 Å². The number of benzene rings is 4. The minimum Gasteiger partial charge on any atom is -0.319 e. The first-order chi connectivity index (χ1) is 23.0. The van der Waals surface area contributed by atoms with Crippen molar-refractivity contribution in [2.24, 2.45) is 0 Å². The topological polar surface area (TPSA) is 47.7 Å². The molecule has 0 bridgehead atoms. The number of nitrogens with one attached hydrogen (secondary N) is 2. The predicted molar refractivity (Wildman–Crippen MR) is 206 cm³/mol. The van der Waals surface area contributed by atoms with E-state index in [4.69, 9.17) is 0 Å². The summed E-state index contributed by atoms with van der Waals surface area (Å²) in [6, 6.07) is 33.7. The summed E-state index contributed by atoms with van der Waals surface area (Å²) in [5.41, 5.74) is 10.6. The van der Waals surface area contributed by atoms with Gasteiger partial charge in [0.1, 0.15) is 0 Å². The summed E-state index contributed by atoms with van der Waals surface area (Å²) >= 11 is 0. The van der Waals surface area contributed by atoms with Crippen LogP contribution in [-0.4, -0.2) is 25.8 Å². The number of allylic oxidation sites excluding steroid dienone is 4. The smallest absolute Gasteiger partial charge is 0.172 e. The van der Waals surface area contributed by atoms with Gasteiger partial charge in [0.25, 0.3) is 0 Å². The maximum atomic E-state index is 9.34. The van der Waals surface area contributed by atoms with Crippen molar-refractivity contribution in [1.82, 2.24) is 0 Å². The third-order valence-corrected chi connectivity index (χ3v) is 8.68. The van der Waals surface area contributed by atoms with Crippen molar-refractivity contribution in [1.29, 1.82) is 10.8 Å². The number of hydrogen-bond donors (Lipinski definition) is 2. The SMILES string of the molecule is C=CCc1ccccc1C(C(=N)[B]CCC[B]C(=N)C(c1ccccc1CC=C)c1ccccc1CC=C)c1ccccc1CC=C. The van der Waals surface area contributed by atoms with Gasteiger partial charge in [-0.2, -0.15) is 0 Å². The molecule has 0 aromatic heterocycles. The molecule has 4 aromatic rings. The van der Waals surface area contributed by atoms with Crippen LogP contribution in [0.1, 0.15) is 62.8 Å². The summed E-state index contributed by atoms with van der Waals surface area (Å²) in [5.74, 6) is -0.339. The largest absolute Gasteiger partial charge is 0.319 e. The van der Waals surface area contributed by atoms with Crippen LogP contribution in [0.2, 0.25) is 12.6 Å². The van der Waals surface area contributed by atoms with Gasteiger partial charge in [0.05, 0.1) is 0 Å². The molecular formula is C43H46B2N2. The summed E-state index contributed by atoms with van der Waals surface area (Å²) in [6.45, 7) is 15.9. The summed E-state index contributed by atoms with van der Waals surface area (Å²) in [5, 5.41) is 18.7. The van der Waals surface area contributed by atoms with Crippen molar-refractivity contribution in [2.45, 2.75) is 56.6 Å². The Kier molecular flexibility index (Phi) is 13.8. The Balaban J connectivity index is 1.51. The highest BCUT2D eigenvalue weighted by Gasteiger charge is 2.25. The van der Waals surface area contributed by atoms with Gasteiger partial charge in [0.2, 0.25) is 0 Å². The lowest BCUT2D eigenvalue weighted by Gasteiger charge is -2.25. The van der Waals surface area contributed by atoms with Crippen molar-refractivity contribution >= 4 is 25.8 Å².